The minimum absolute atomic E-state index is 0.224. The van der Waals surface area contributed by atoms with Crippen molar-refractivity contribution in [3.8, 4) is 0 Å². The van der Waals surface area contributed by atoms with E-state index in [1.165, 1.54) is 0 Å². The van der Waals surface area contributed by atoms with Crippen molar-refractivity contribution in [3.63, 3.8) is 0 Å². The van der Waals surface area contributed by atoms with Gasteiger partial charge in [-0.25, -0.2) is 0 Å². The number of rotatable bonds is 3. The van der Waals surface area contributed by atoms with E-state index in [9.17, 15) is 5.11 Å². The molecule has 1 aliphatic carbocycles. The van der Waals surface area contributed by atoms with E-state index in [2.05, 4.69) is 5.32 Å². The number of nitrogens with two attached hydrogens (primary N) is 1. The normalized spacial score (nSPS) is 24.6. The third kappa shape index (κ3) is 2.25. The van der Waals surface area contributed by atoms with Gasteiger partial charge < -0.3 is 16.2 Å². The fourth-order valence-electron chi connectivity index (χ4n) is 2.32. The van der Waals surface area contributed by atoms with Crippen molar-refractivity contribution in [1.29, 1.82) is 0 Å². The lowest BCUT2D eigenvalue weighted by molar-refractivity contribution is 0.222. The first-order valence-electron chi connectivity index (χ1n) is 5.63. The van der Waals surface area contributed by atoms with Crippen LogP contribution in [-0.4, -0.2) is 17.8 Å². The van der Waals surface area contributed by atoms with E-state index in [1.54, 1.807) is 0 Å². The summed E-state index contributed by atoms with van der Waals surface area (Å²) in [6, 6.07) is 5.77. The zero-order valence-corrected chi connectivity index (χ0v) is 9.87. The van der Waals surface area contributed by atoms with Crippen LogP contribution in [0, 0.1) is 5.92 Å². The number of halogens is 1. The number of nitrogen functional groups attached to an aromatic ring is 1. The number of anilines is 2. The van der Waals surface area contributed by atoms with Crippen LogP contribution in [0.1, 0.15) is 19.3 Å². The van der Waals surface area contributed by atoms with Crippen molar-refractivity contribution >= 4 is 23.0 Å². The van der Waals surface area contributed by atoms with Crippen LogP contribution in [0.15, 0.2) is 18.2 Å². The van der Waals surface area contributed by atoms with Crippen molar-refractivity contribution in [2.45, 2.75) is 25.3 Å². The van der Waals surface area contributed by atoms with E-state index in [1.807, 2.05) is 18.2 Å². The van der Waals surface area contributed by atoms with Crippen LogP contribution >= 0.6 is 11.6 Å². The summed E-state index contributed by atoms with van der Waals surface area (Å²) in [7, 11) is 0. The highest BCUT2D eigenvalue weighted by Gasteiger charge is 2.27. The second kappa shape index (κ2) is 4.93. The maximum absolute atomic E-state index is 9.25. The van der Waals surface area contributed by atoms with Gasteiger partial charge in [0, 0.05) is 18.6 Å². The second-order valence-electron chi connectivity index (χ2n) is 4.33. The maximum Gasteiger partial charge on any atom is 0.0765 e. The van der Waals surface area contributed by atoms with Crippen LogP contribution in [0.5, 0.6) is 0 Å². The smallest absolute Gasteiger partial charge is 0.0765 e. The van der Waals surface area contributed by atoms with Gasteiger partial charge in [-0.05, 0) is 25.0 Å². The number of aliphatic hydroxyl groups excluding tert-OH is 1. The molecule has 1 aromatic rings. The molecule has 0 aromatic heterocycles. The molecule has 0 spiro atoms. The molecule has 1 fully saturated rings. The van der Waals surface area contributed by atoms with Crippen molar-refractivity contribution in [2.24, 2.45) is 5.92 Å². The Morgan fingerprint density at radius 2 is 2.25 bits per heavy atom. The Bertz CT molecular complexity index is 350. The van der Waals surface area contributed by atoms with Crippen molar-refractivity contribution in [3.05, 3.63) is 23.2 Å². The standard InChI is InChI=1S/C12H17ClN2O/c13-9-4-2-5-10(14)12(9)15-11-6-1-3-8(11)7-16/h2,4-5,8,11,15-16H,1,3,6-7,14H2. The van der Waals surface area contributed by atoms with Gasteiger partial charge in [0.25, 0.3) is 0 Å². The third-order valence-corrected chi connectivity index (χ3v) is 3.58. The first kappa shape index (κ1) is 11.6. The molecule has 1 saturated carbocycles. The highest BCUT2D eigenvalue weighted by Crippen LogP contribution is 2.33. The van der Waals surface area contributed by atoms with Gasteiger partial charge in [0.05, 0.1) is 16.4 Å². The summed E-state index contributed by atoms with van der Waals surface area (Å²) in [5.74, 6) is 0.315. The average molecular weight is 241 g/mol. The van der Waals surface area contributed by atoms with Gasteiger partial charge in [-0.3, -0.25) is 0 Å². The van der Waals surface area contributed by atoms with Crippen LogP contribution in [0.2, 0.25) is 5.02 Å². The van der Waals surface area contributed by atoms with E-state index in [4.69, 9.17) is 17.3 Å². The highest BCUT2D eigenvalue weighted by atomic mass is 35.5. The SMILES string of the molecule is Nc1cccc(Cl)c1NC1CCCC1CO. The largest absolute Gasteiger partial charge is 0.397 e. The quantitative estimate of drug-likeness (QED) is 0.712. The molecule has 0 radical (unpaired) electrons. The summed E-state index contributed by atoms with van der Waals surface area (Å²) in [5, 5.41) is 13.3. The van der Waals surface area contributed by atoms with Crippen molar-refractivity contribution < 1.29 is 5.11 Å². The van der Waals surface area contributed by atoms with Gasteiger partial charge in [-0.2, -0.15) is 0 Å². The van der Waals surface area contributed by atoms with Crippen LogP contribution in [0.25, 0.3) is 0 Å². The first-order valence-corrected chi connectivity index (χ1v) is 6.01. The molecule has 0 saturated heterocycles. The molecule has 88 valence electrons. The van der Waals surface area contributed by atoms with Gasteiger partial charge in [0.15, 0.2) is 0 Å². The predicted octanol–water partition coefficient (Wildman–Crippen LogP) is 2.50. The number of aliphatic hydroxyl groups is 1. The topological polar surface area (TPSA) is 58.3 Å². The maximum atomic E-state index is 9.25. The number of nitrogens with one attached hydrogen (secondary N) is 1. The van der Waals surface area contributed by atoms with E-state index in [-0.39, 0.29) is 12.6 Å². The number of hydrogen-bond acceptors (Lipinski definition) is 3. The Kier molecular flexibility index (Phi) is 3.56. The first-order chi connectivity index (χ1) is 7.72. The number of benzene rings is 1. The minimum Gasteiger partial charge on any atom is -0.397 e. The number of hydrogen-bond donors (Lipinski definition) is 3. The Morgan fingerprint density at radius 3 is 2.94 bits per heavy atom. The predicted molar refractivity (Wildman–Crippen MR) is 67.7 cm³/mol. The van der Waals surface area contributed by atoms with Crippen molar-refractivity contribution in [2.75, 3.05) is 17.7 Å². The Hall–Kier alpha value is -0.930. The summed E-state index contributed by atoms with van der Waals surface area (Å²) in [6.07, 6.45) is 3.28. The molecule has 1 aliphatic rings. The highest BCUT2D eigenvalue weighted by molar-refractivity contribution is 6.33. The van der Waals surface area contributed by atoms with Crippen LogP contribution in [0.4, 0.5) is 11.4 Å². The molecule has 2 unspecified atom stereocenters. The van der Waals surface area contributed by atoms with Gasteiger partial charge in [-0.15, -0.1) is 0 Å². The molecule has 16 heavy (non-hydrogen) atoms. The van der Waals surface area contributed by atoms with Gasteiger partial charge in [0.1, 0.15) is 0 Å². The van der Waals surface area contributed by atoms with E-state index < -0.39 is 0 Å². The van der Waals surface area contributed by atoms with Crippen LogP contribution in [0.3, 0.4) is 0 Å². The zero-order valence-electron chi connectivity index (χ0n) is 9.12. The van der Waals surface area contributed by atoms with Gasteiger partial charge >= 0.3 is 0 Å². The lowest BCUT2D eigenvalue weighted by atomic mass is 10.0. The molecule has 2 rings (SSSR count). The molecule has 0 amide bonds. The monoisotopic (exact) mass is 240 g/mol. The molecule has 2 atom stereocenters. The van der Waals surface area contributed by atoms with E-state index in [0.29, 0.717) is 16.6 Å². The molecule has 3 nitrogen and oxygen atoms in total. The average Bonchev–Trinajstić information content (AvgIpc) is 2.71. The Morgan fingerprint density at radius 1 is 1.44 bits per heavy atom. The third-order valence-electron chi connectivity index (χ3n) is 3.27. The molecule has 4 heteroatoms. The Balaban J connectivity index is 2.14. The minimum atomic E-state index is 0.224. The van der Waals surface area contributed by atoms with E-state index in [0.717, 1.165) is 24.9 Å². The molecular formula is C12H17ClN2O. The molecular weight excluding hydrogens is 224 g/mol. The molecule has 0 heterocycles. The fourth-order valence-corrected chi connectivity index (χ4v) is 2.56. The lowest BCUT2D eigenvalue weighted by Gasteiger charge is -2.22. The summed E-state index contributed by atoms with van der Waals surface area (Å²) in [6.45, 7) is 0.224. The summed E-state index contributed by atoms with van der Waals surface area (Å²) in [4.78, 5) is 0. The zero-order chi connectivity index (χ0) is 11.5. The summed E-state index contributed by atoms with van der Waals surface area (Å²) >= 11 is 6.09. The Labute approximate surface area is 101 Å². The van der Waals surface area contributed by atoms with Gasteiger partial charge in [-0.1, -0.05) is 24.1 Å². The van der Waals surface area contributed by atoms with Crippen molar-refractivity contribution in [1.82, 2.24) is 0 Å². The van der Waals surface area contributed by atoms with E-state index >= 15 is 0 Å². The lowest BCUT2D eigenvalue weighted by Crippen LogP contribution is -2.26. The summed E-state index contributed by atoms with van der Waals surface area (Å²) < 4.78 is 0. The molecule has 0 bridgehead atoms. The molecule has 0 aliphatic heterocycles. The van der Waals surface area contributed by atoms with Crippen LogP contribution in [-0.2, 0) is 0 Å². The van der Waals surface area contributed by atoms with Crippen LogP contribution < -0.4 is 11.1 Å². The second-order valence-corrected chi connectivity index (χ2v) is 4.74. The summed E-state index contributed by atoms with van der Waals surface area (Å²) in [5.41, 5.74) is 7.34. The molecule has 1 aromatic carbocycles. The van der Waals surface area contributed by atoms with Gasteiger partial charge in [0.2, 0.25) is 0 Å². The molecule has 4 N–H and O–H groups in total. The number of para-hydroxylation sites is 1. The fraction of sp³-hybridized carbons (Fsp3) is 0.500.